The molecule has 0 unspecified atom stereocenters. The fourth-order valence-electron chi connectivity index (χ4n) is 2.83. The number of hydrogen-bond acceptors (Lipinski definition) is 8. The third-order valence-electron chi connectivity index (χ3n) is 4.50. The molecule has 3 rings (SSSR count). The lowest BCUT2D eigenvalue weighted by Gasteiger charge is -2.13. The Kier molecular flexibility index (Phi) is 7.48. The van der Waals surface area contributed by atoms with Crippen LogP contribution in [0.25, 0.3) is 0 Å². The molecular weight excluding hydrogens is 428 g/mol. The summed E-state index contributed by atoms with van der Waals surface area (Å²) in [5, 5.41) is 13.2. The summed E-state index contributed by atoms with van der Waals surface area (Å²) < 4.78 is 21.2. The van der Waals surface area contributed by atoms with Gasteiger partial charge in [0.1, 0.15) is 11.5 Å². The summed E-state index contributed by atoms with van der Waals surface area (Å²) in [6.07, 6.45) is 1.45. The third kappa shape index (κ3) is 5.79. The molecule has 9 heteroatoms. The Labute approximate surface area is 190 Å². The molecule has 0 aliphatic carbocycles. The molecule has 0 saturated heterocycles. The molecule has 0 saturated carbocycles. The van der Waals surface area contributed by atoms with Crippen molar-refractivity contribution in [1.29, 1.82) is 0 Å². The van der Waals surface area contributed by atoms with Crippen molar-refractivity contribution in [2.45, 2.75) is 0 Å². The van der Waals surface area contributed by atoms with Crippen LogP contribution in [0.5, 0.6) is 28.7 Å². The van der Waals surface area contributed by atoms with Crippen LogP contribution in [0.4, 0.5) is 0 Å². The van der Waals surface area contributed by atoms with E-state index in [1.807, 2.05) is 0 Å². The molecule has 0 heterocycles. The van der Waals surface area contributed by atoms with E-state index in [1.165, 1.54) is 63.9 Å². The highest BCUT2D eigenvalue weighted by Crippen LogP contribution is 2.38. The highest BCUT2D eigenvalue weighted by molar-refractivity contribution is 5.95. The molecule has 0 spiro atoms. The predicted molar refractivity (Wildman–Crippen MR) is 121 cm³/mol. The molecule has 0 aromatic heterocycles. The van der Waals surface area contributed by atoms with E-state index in [2.05, 4.69) is 10.5 Å². The molecule has 0 radical (unpaired) electrons. The number of amides is 1. The van der Waals surface area contributed by atoms with Gasteiger partial charge in [-0.3, -0.25) is 4.79 Å². The normalized spacial score (nSPS) is 10.5. The number of carbonyl (C=O) groups is 2. The summed E-state index contributed by atoms with van der Waals surface area (Å²) in [5.74, 6) is 0.422. The monoisotopic (exact) mass is 450 g/mol. The van der Waals surface area contributed by atoms with E-state index in [-0.39, 0.29) is 11.3 Å². The van der Waals surface area contributed by atoms with Gasteiger partial charge in [0, 0.05) is 5.56 Å². The molecule has 170 valence electrons. The Balaban J connectivity index is 1.63. The second kappa shape index (κ2) is 10.7. The molecule has 0 bridgehead atoms. The first-order chi connectivity index (χ1) is 15.9. The van der Waals surface area contributed by atoms with Gasteiger partial charge in [-0.2, -0.15) is 5.10 Å². The van der Waals surface area contributed by atoms with Crippen molar-refractivity contribution in [2.24, 2.45) is 5.10 Å². The molecule has 33 heavy (non-hydrogen) atoms. The van der Waals surface area contributed by atoms with Crippen LogP contribution < -0.4 is 24.4 Å². The number of methoxy groups -OCH3 is 3. The van der Waals surface area contributed by atoms with Crippen LogP contribution >= 0.6 is 0 Å². The number of hydrazone groups is 1. The maximum Gasteiger partial charge on any atom is 0.343 e. The first-order valence-corrected chi connectivity index (χ1v) is 9.70. The zero-order valence-corrected chi connectivity index (χ0v) is 18.2. The van der Waals surface area contributed by atoms with Crippen LogP contribution in [-0.2, 0) is 0 Å². The summed E-state index contributed by atoms with van der Waals surface area (Å²) in [4.78, 5) is 24.6. The highest BCUT2D eigenvalue weighted by Gasteiger charge is 2.18. The Morgan fingerprint density at radius 1 is 0.848 bits per heavy atom. The maximum absolute atomic E-state index is 12.6. The number of phenols is 1. The zero-order valence-electron chi connectivity index (χ0n) is 18.2. The van der Waals surface area contributed by atoms with Crippen molar-refractivity contribution in [3.63, 3.8) is 0 Å². The van der Waals surface area contributed by atoms with Gasteiger partial charge in [-0.1, -0.05) is 0 Å². The fraction of sp³-hybridized carbons (Fsp3) is 0.125. The molecule has 3 aromatic rings. The van der Waals surface area contributed by atoms with Gasteiger partial charge in [-0.25, -0.2) is 10.2 Å². The van der Waals surface area contributed by atoms with Crippen LogP contribution in [0.3, 0.4) is 0 Å². The average Bonchev–Trinajstić information content (AvgIpc) is 2.84. The van der Waals surface area contributed by atoms with E-state index in [0.717, 1.165) is 0 Å². The van der Waals surface area contributed by atoms with Crippen molar-refractivity contribution < 1.29 is 33.6 Å². The molecule has 1 amide bonds. The zero-order chi connectivity index (χ0) is 23.8. The minimum absolute atomic E-state index is 0.0705. The molecule has 9 nitrogen and oxygen atoms in total. The summed E-state index contributed by atoms with van der Waals surface area (Å²) in [6, 6.07) is 15.3. The van der Waals surface area contributed by atoms with Crippen LogP contribution in [0, 0.1) is 0 Å². The smallest absolute Gasteiger partial charge is 0.343 e. The molecule has 0 aliphatic heterocycles. The molecule has 0 aliphatic rings. The van der Waals surface area contributed by atoms with E-state index in [1.54, 1.807) is 24.3 Å². The summed E-state index contributed by atoms with van der Waals surface area (Å²) in [6.45, 7) is 0. The number of nitrogens with one attached hydrogen (secondary N) is 1. The topological polar surface area (TPSA) is 116 Å². The first kappa shape index (κ1) is 23.1. The number of benzene rings is 3. The van der Waals surface area contributed by atoms with Crippen LogP contribution in [0.1, 0.15) is 26.3 Å². The van der Waals surface area contributed by atoms with Crippen LogP contribution in [-0.4, -0.2) is 44.5 Å². The van der Waals surface area contributed by atoms with Crippen molar-refractivity contribution in [2.75, 3.05) is 21.3 Å². The Bertz CT molecular complexity index is 1130. The minimum atomic E-state index is -0.600. The van der Waals surface area contributed by atoms with Crippen molar-refractivity contribution in [3.05, 3.63) is 77.4 Å². The number of rotatable bonds is 8. The Morgan fingerprint density at radius 3 is 2.00 bits per heavy atom. The SMILES string of the molecule is COc1cc(C(=O)Oc2ccc(C=NNC(=O)c3ccc(O)cc3)cc2)cc(OC)c1OC. The van der Waals surface area contributed by atoms with Crippen LogP contribution in [0.15, 0.2) is 65.8 Å². The van der Waals surface area contributed by atoms with Crippen molar-refractivity contribution >= 4 is 18.1 Å². The number of carbonyl (C=O) groups excluding carboxylic acids is 2. The number of phenolic OH excluding ortho intramolecular Hbond substituents is 1. The third-order valence-corrected chi connectivity index (χ3v) is 4.50. The number of aromatic hydroxyl groups is 1. The number of hydrogen-bond donors (Lipinski definition) is 2. The first-order valence-electron chi connectivity index (χ1n) is 9.70. The van der Waals surface area contributed by atoms with E-state index in [9.17, 15) is 14.7 Å². The van der Waals surface area contributed by atoms with E-state index < -0.39 is 11.9 Å². The molecule has 0 fully saturated rings. The van der Waals surface area contributed by atoms with Gasteiger partial charge < -0.3 is 24.1 Å². The van der Waals surface area contributed by atoms with Gasteiger partial charge in [-0.15, -0.1) is 0 Å². The standard InChI is InChI=1S/C24H22N2O7/c1-30-20-12-17(13-21(31-2)22(20)32-3)24(29)33-19-10-4-15(5-11-19)14-25-26-23(28)16-6-8-18(27)9-7-16/h4-14,27H,1-3H3,(H,26,28). The second-order valence-corrected chi connectivity index (χ2v) is 6.62. The van der Waals surface area contributed by atoms with Gasteiger partial charge in [-0.05, 0) is 66.2 Å². The minimum Gasteiger partial charge on any atom is -0.508 e. The van der Waals surface area contributed by atoms with Crippen molar-refractivity contribution in [1.82, 2.24) is 5.43 Å². The van der Waals surface area contributed by atoms with Gasteiger partial charge in [0.05, 0.1) is 33.1 Å². The molecule has 3 aromatic carbocycles. The van der Waals surface area contributed by atoms with E-state index in [4.69, 9.17) is 18.9 Å². The maximum atomic E-state index is 12.6. The Morgan fingerprint density at radius 2 is 1.45 bits per heavy atom. The second-order valence-electron chi connectivity index (χ2n) is 6.62. The lowest BCUT2D eigenvalue weighted by molar-refractivity contribution is 0.0733. The molecule has 2 N–H and O–H groups in total. The quantitative estimate of drug-likeness (QED) is 0.234. The molecular formula is C24H22N2O7. The molecule has 0 atom stereocenters. The van der Waals surface area contributed by atoms with Crippen molar-refractivity contribution in [3.8, 4) is 28.7 Å². The van der Waals surface area contributed by atoms with E-state index >= 15 is 0 Å². The number of ether oxygens (including phenoxy) is 4. The largest absolute Gasteiger partial charge is 0.508 e. The highest BCUT2D eigenvalue weighted by atomic mass is 16.5. The van der Waals surface area contributed by atoms with Gasteiger partial charge >= 0.3 is 5.97 Å². The van der Waals surface area contributed by atoms with Gasteiger partial charge in [0.15, 0.2) is 11.5 Å². The van der Waals surface area contributed by atoms with Crippen LogP contribution in [0.2, 0.25) is 0 Å². The number of esters is 1. The lowest BCUT2D eigenvalue weighted by Crippen LogP contribution is -2.17. The summed E-state index contributed by atoms with van der Waals surface area (Å²) in [7, 11) is 4.39. The average molecular weight is 450 g/mol. The van der Waals surface area contributed by atoms with E-state index in [0.29, 0.717) is 34.1 Å². The Hall–Kier alpha value is -4.53. The summed E-state index contributed by atoms with van der Waals surface area (Å²) >= 11 is 0. The summed E-state index contributed by atoms with van der Waals surface area (Å²) in [5.41, 5.74) is 3.66. The van der Waals surface area contributed by atoms with Gasteiger partial charge in [0.25, 0.3) is 5.91 Å². The fourth-order valence-corrected chi connectivity index (χ4v) is 2.83. The predicted octanol–water partition coefficient (Wildman–Crippen LogP) is 3.40. The lowest BCUT2D eigenvalue weighted by atomic mass is 10.2. The number of nitrogens with zero attached hydrogens (tertiary/aromatic N) is 1. The van der Waals surface area contributed by atoms with Gasteiger partial charge in [0.2, 0.25) is 5.75 Å².